The van der Waals surface area contributed by atoms with E-state index in [4.69, 9.17) is 19.4 Å². The molecule has 1 unspecified atom stereocenters. The highest BCUT2D eigenvalue weighted by molar-refractivity contribution is 5.85. The minimum Gasteiger partial charge on any atom is -0.476 e. The van der Waals surface area contributed by atoms with Gasteiger partial charge in [0.25, 0.3) is 0 Å². The van der Waals surface area contributed by atoms with Crippen LogP contribution in [-0.2, 0) is 9.53 Å². The van der Waals surface area contributed by atoms with Gasteiger partial charge in [-0.25, -0.2) is 9.97 Å². The Morgan fingerprint density at radius 1 is 1.06 bits per heavy atom. The van der Waals surface area contributed by atoms with Gasteiger partial charge in [-0.3, -0.25) is 9.69 Å². The van der Waals surface area contributed by atoms with Crippen LogP contribution in [0.4, 0.5) is 5.69 Å². The molecule has 1 saturated carbocycles. The van der Waals surface area contributed by atoms with Gasteiger partial charge >= 0.3 is 0 Å². The lowest BCUT2D eigenvalue weighted by Gasteiger charge is -2.43. The molecule has 1 N–H and O–H groups in total. The molecule has 1 aromatic carbocycles. The molecular weight excluding hydrogens is 456 g/mol. The van der Waals surface area contributed by atoms with Crippen molar-refractivity contribution in [3.63, 3.8) is 0 Å². The highest BCUT2D eigenvalue weighted by atomic mass is 16.5. The monoisotopic (exact) mass is 488 g/mol. The number of pyridine rings is 1. The Morgan fingerprint density at radius 2 is 1.86 bits per heavy atom. The molecular formula is C27H32N6O3. The minimum absolute atomic E-state index is 0.0945. The Balaban J connectivity index is 1.12. The van der Waals surface area contributed by atoms with Crippen molar-refractivity contribution in [2.24, 2.45) is 5.92 Å². The maximum absolute atomic E-state index is 11.6. The summed E-state index contributed by atoms with van der Waals surface area (Å²) in [5.74, 6) is 0.885. The number of aromatic nitrogens is 3. The quantitative estimate of drug-likeness (QED) is 0.547. The summed E-state index contributed by atoms with van der Waals surface area (Å²) in [7, 11) is 0. The van der Waals surface area contributed by atoms with Crippen LogP contribution in [0.25, 0.3) is 22.3 Å². The van der Waals surface area contributed by atoms with Crippen molar-refractivity contribution in [2.45, 2.75) is 31.3 Å². The molecule has 9 nitrogen and oxygen atoms in total. The fraction of sp³-hybridized carbons (Fsp3) is 0.519. The second-order valence-corrected chi connectivity index (χ2v) is 10.5. The number of benzene rings is 1. The van der Waals surface area contributed by atoms with Gasteiger partial charge in [-0.1, -0.05) is 12.1 Å². The van der Waals surface area contributed by atoms with Gasteiger partial charge in [0.2, 0.25) is 11.8 Å². The van der Waals surface area contributed by atoms with Crippen molar-refractivity contribution >= 4 is 22.6 Å². The molecule has 3 aromatic rings. The van der Waals surface area contributed by atoms with Crippen molar-refractivity contribution < 1.29 is 14.3 Å². The molecule has 1 aliphatic carbocycles. The lowest BCUT2D eigenvalue weighted by molar-refractivity contribution is -0.119. The normalized spacial score (nSPS) is 23.2. The smallest absolute Gasteiger partial charge is 0.240 e. The summed E-state index contributed by atoms with van der Waals surface area (Å²) in [5.41, 5.74) is 5.03. The molecule has 0 spiro atoms. The number of nitrogens with zero attached hydrogens (tertiary/aromatic N) is 5. The topological polar surface area (TPSA) is 84.8 Å². The summed E-state index contributed by atoms with van der Waals surface area (Å²) in [6, 6.07) is 11.9. The number of imidazole rings is 1. The molecule has 2 aromatic heterocycles. The average Bonchev–Trinajstić information content (AvgIpc) is 3.49. The number of anilines is 1. The fourth-order valence-electron chi connectivity index (χ4n) is 5.51. The van der Waals surface area contributed by atoms with E-state index < -0.39 is 0 Å². The summed E-state index contributed by atoms with van der Waals surface area (Å²) in [6.45, 7) is 7.13. The van der Waals surface area contributed by atoms with Gasteiger partial charge in [-0.2, -0.15) is 0 Å². The lowest BCUT2D eigenvalue weighted by atomic mass is 10.1. The molecule has 3 aliphatic heterocycles. The van der Waals surface area contributed by atoms with Crippen LogP contribution in [0.5, 0.6) is 5.88 Å². The van der Waals surface area contributed by atoms with Gasteiger partial charge in [-0.05, 0) is 31.0 Å². The van der Waals surface area contributed by atoms with Gasteiger partial charge in [0, 0.05) is 62.4 Å². The Bertz CT molecular complexity index is 1260. The van der Waals surface area contributed by atoms with E-state index in [9.17, 15) is 4.79 Å². The molecule has 4 fully saturated rings. The number of carbonyl (C=O) groups is 1. The van der Waals surface area contributed by atoms with E-state index in [-0.39, 0.29) is 11.8 Å². The Hall–Kier alpha value is -3.17. The first kappa shape index (κ1) is 22.1. The zero-order valence-corrected chi connectivity index (χ0v) is 20.4. The molecule has 0 radical (unpaired) electrons. The van der Waals surface area contributed by atoms with E-state index in [2.05, 4.69) is 50.0 Å². The summed E-state index contributed by atoms with van der Waals surface area (Å²) in [4.78, 5) is 26.3. The zero-order valence-electron chi connectivity index (χ0n) is 20.4. The molecule has 36 heavy (non-hydrogen) atoms. The number of hydrogen-bond donors (Lipinski definition) is 1. The molecule has 4 aliphatic rings. The predicted molar refractivity (Wildman–Crippen MR) is 136 cm³/mol. The maximum atomic E-state index is 11.6. The van der Waals surface area contributed by atoms with Crippen molar-refractivity contribution in [2.75, 3.05) is 57.4 Å². The van der Waals surface area contributed by atoms with Crippen LogP contribution in [0.3, 0.4) is 0 Å². The molecule has 7 rings (SSSR count). The van der Waals surface area contributed by atoms with Crippen LogP contribution < -0.4 is 15.0 Å². The van der Waals surface area contributed by atoms with Gasteiger partial charge < -0.3 is 24.3 Å². The third-order valence-corrected chi connectivity index (χ3v) is 7.96. The van der Waals surface area contributed by atoms with Crippen LogP contribution in [0.2, 0.25) is 0 Å². The Labute approximate surface area is 210 Å². The first-order chi connectivity index (χ1) is 17.7. The summed E-state index contributed by atoms with van der Waals surface area (Å²) in [6.07, 6.45) is 4.75. The standard InChI is InChI=1S/C27H32N6O3/c34-25-11-18(13-28-25)14-36-27-26-24(29-17-33(26)21-5-6-21)12-23(30-27)19-1-3-20(4-2-19)31-7-9-32(10-8-31)22-15-35-16-22/h1-4,12,17-18,21-22H,5-11,13-16H2,(H,28,34). The Kier molecular flexibility index (Phi) is 5.54. The van der Waals surface area contributed by atoms with Crippen LogP contribution in [-0.4, -0.2) is 83.9 Å². The second kappa shape index (κ2) is 9.05. The van der Waals surface area contributed by atoms with Gasteiger partial charge in [-0.15, -0.1) is 0 Å². The Morgan fingerprint density at radius 3 is 2.53 bits per heavy atom. The van der Waals surface area contributed by atoms with Crippen LogP contribution >= 0.6 is 0 Å². The summed E-state index contributed by atoms with van der Waals surface area (Å²) < 4.78 is 13.8. The van der Waals surface area contributed by atoms with Crippen LogP contribution in [0.1, 0.15) is 25.3 Å². The molecule has 0 bridgehead atoms. The molecule has 1 atom stereocenters. The van der Waals surface area contributed by atoms with Crippen LogP contribution in [0.15, 0.2) is 36.7 Å². The van der Waals surface area contributed by atoms with E-state index in [0.717, 1.165) is 74.5 Å². The predicted octanol–water partition coefficient (Wildman–Crippen LogP) is 2.47. The number of nitrogens with one attached hydrogen (secondary N) is 1. The average molecular weight is 489 g/mol. The largest absolute Gasteiger partial charge is 0.476 e. The maximum Gasteiger partial charge on any atom is 0.240 e. The molecule has 1 amide bonds. The lowest BCUT2D eigenvalue weighted by Crippen LogP contribution is -2.56. The number of amides is 1. The number of rotatable bonds is 7. The highest BCUT2D eigenvalue weighted by Crippen LogP contribution is 2.40. The molecule has 5 heterocycles. The number of hydrogen-bond acceptors (Lipinski definition) is 7. The van der Waals surface area contributed by atoms with Gasteiger partial charge in [0.1, 0.15) is 5.52 Å². The number of piperazine rings is 1. The van der Waals surface area contributed by atoms with E-state index >= 15 is 0 Å². The summed E-state index contributed by atoms with van der Waals surface area (Å²) in [5, 5.41) is 2.89. The second-order valence-electron chi connectivity index (χ2n) is 10.5. The first-order valence-electron chi connectivity index (χ1n) is 13.2. The highest BCUT2D eigenvalue weighted by Gasteiger charge is 2.30. The van der Waals surface area contributed by atoms with E-state index in [1.165, 1.54) is 5.69 Å². The molecule has 188 valence electrons. The first-order valence-corrected chi connectivity index (χ1v) is 13.2. The number of ether oxygens (including phenoxy) is 2. The van der Waals surface area contributed by atoms with E-state index in [1.807, 2.05) is 6.33 Å². The van der Waals surface area contributed by atoms with Crippen molar-refractivity contribution in [1.82, 2.24) is 24.8 Å². The van der Waals surface area contributed by atoms with Gasteiger partial charge in [0.05, 0.1) is 43.4 Å². The molecule has 3 saturated heterocycles. The van der Waals surface area contributed by atoms with Crippen molar-refractivity contribution in [3.05, 3.63) is 36.7 Å². The van der Waals surface area contributed by atoms with Crippen molar-refractivity contribution in [1.29, 1.82) is 0 Å². The van der Waals surface area contributed by atoms with Gasteiger partial charge in [0.15, 0.2) is 0 Å². The SMILES string of the molecule is O=C1CC(COc2nc(-c3ccc(N4CCN(C5COC5)CC4)cc3)cc3ncn(C4CC4)c23)CN1. The van der Waals surface area contributed by atoms with E-state index in [1.54, 1.807) is 0 Å². The molecule has 9 heteroatoms. The third-order valence-electron chi connectivity index (χ3n) is 7.96. The third kappa shape index (κ3) is 4.20. The number of carbonyl (C=O) groups excluding carboxylic acids is 1. The van der Waals surface area contributed by atoms with Crippen molar-refractivity contribution in [3.8, 4) is 17.1 Å². The zero-order chi connectivity index (χ0) is 24.1. The minimum atomic E-state index is 0.0945. The summed E-state index contributed by atoms with van der Waals surface area (Å²) >= 11 is 0. The fourth-order valence-corrected chi connectivity index (χ4v) is 5.51. The number of fused-ring (bicyclic) bond motifs is 1. The van der Waals surface area contributed by atoms with Crippen LogP contribution in [0, 0.1) is 5.92 Å². The van der Waals surface area contributed by atoms with E-state index in [0.29, 0.717) is 37.5 Å².